The maximum atomic E-state index is 13.6. The van der Waals surface area contributed by atoms with Gasteiger partial charge in [0.15, 0.2) is 0 Å². The van der Waals surface area contributed by atoms with Gasteiger partial charge >= 0.3 is 0 Å². The average Bonchev–Trinajstić information content (AvgIpc) is 3.44. The Hall–Kier alpha value is -2.15. The lowest BCUT2D eigenvalue weighted by molar-refractivity contribution is -0.134. The van der Waals surface area contributed by atoms with Crippen molar-refractivity contribution in [2.24, 2.45) is 5.92 Å². The van der Waals surface area contributed by atoms with E-state index >= 15 is 0 Å². The van der Waals surface area contributed by atoms with Crippen LogP contribution in [0.5, 0.6) is 0 Å². The Kier molecular flexibility index (Phi) is 6.80. The number of carbonyl (C=O) groups is 2. The molecular weight excluding hydrogens is 448 g/mol. The lowest BCUT2D eigenvalue weighted by Crippen LogP contribution is -2.47. The number of hydrogen-bond donors (Lipinski definition) is 0. The van der Waals surface area contributed by atoms with Crippen LogP contribution in [0.15, 0.2) is 53.2 Å². The van der Waals surface area contributed by atoms with Crippen LogP contribution in [0, 0.1) is 5.92 Å². The summed E-state index contributed by atoms with van der Waals surface area (Å²) in [5, 5.41) is 4.65. The fraction of sp³-hybridized carbons (Fsp3) is 0.333. The monoisotopic (exact) mass is 472 g/mol. The molecule has 7 heteroatoms. The summed E-state index contributed by atoms with van der Waals surface area (Å²) in [6.45, 7) is 5.40. The second-order valence-corrected chi connectivity index (χ2v) is 10.5. The lowest BCUT2D eigenvalue weighted by atomic mass is 9.93. The van der Waals surface area contributed by atoms with Gasteiger partial charge in [0.25, 0.3) is 5.91 Å². The van der Waals surface area contributed by atoms with E-state index < -0.39 is 0 Å². The van der Waals surface area contributed by atoms with Crippen LogP contribution < -0.4 is 0 Å². The molecule has 1 aliphatic heterocycles. The Labute approximate surface area is 196 Å². The molecule has 3 aromatic rings. The molecule has 1 aliphatic rings. The summed E-state index contributed by atoms with van der Waals surface area (Å²) in [6, 6.07) is 13.4. The van der Waals surface area contributed by atoms with Gasteiger partial charge in [0.1, 0.15) is 6.54 Å². The van der Waals surface area contributed by atoms with E-state index in [1.54, 1.807) is 16.2 Å². The number of fused-ring (bicyclic) bond motifs is 1. The zero-order chi connectivity index (χ0) is 22.0. The van der Waals surface area contributed by atoms with Gasteiger partial charge in [0.2, 0.25) is 5.91 Å². The van der Waals surface area contributed by atoms with Gasteiger partial charge < -0.3 is 9.80 Å². The molecule has 0 saturated carbocycles. The Morgan fingerprint density at radius 3 is 2.58 bits per heavy atom. The van der Waals surface area contributed by atoms with Gasteiger partial charge in [-0.05, 0) is 58.5 Å². The Morgan fingerprint density at radius 2 is 1.90 bits per heavy atom. The molecule has 0 fully saturated rings. The highest BCUT2D eigenvalue weighted by Crippen LogP contribution is 2.38. The highest BCUT2D eigenvalue weighted by Gasteiger charge is 2.34. The summed E-state index contributed by atoms with van der Waals surface area (Å²) in [5.41, 5.74) is 2.21. The van der Waals surface area contributed by atoms with Crippen LogP contribution in [0.3, 0.4) is 0 Å². The van der Waals surface area contributed by atoms with Crippen molar-refractivity contribution in [2.45, 2.75) is 26.3 Å². The quantitative estimate of drug-likeness (QED) is 0.459. The summed E-state index contributed by atoms with van der Waals surface area (Å²) >= 11 is 9.26. The molecule has 3 heterocycles. The largest absolute Gasteiger partial charge is 0.330 e. The van der Waals surface area contributed by atoms with E-state index in [0.29, 0.717) is 23.0 Å². The fourth-order valence-corrected chi connectivity index (χ4v) is 5.78. The molecule has 0 N–H and O–H groups in total. The zero-order valence-corrected chi connectivity index (χ0v) is 20.0. The second-order valence-electron chi connectivity index (χ2n) is 8.15. The van der Waals surface area contributed by atoms with Crippen molar-refractivity contribution in [2.75, 3.05) is 19.6 Å². The van der Waals surface area contributed by atoms with E-state index in [9.17, 15) is 9.59 Å². The average molecular weight is 473 g/mol. The fourth-order valence-electron chi connectivity index (χ4n) is 4.06. The first kappa shape index (κ1) is 22.1. The van der Waals surface area contributed by atoms with Crippen LogP contribution in [0.4, 0.5) is 0 Å². The summed E-state index contributed by atoms with van der Waals surface area (Å²) < 4.78 is 0. The van der Waals surface area contributed by atoms with Crippen molar-refractivity contribution in [3.05, 3.63) is 79.1 Å². The number of rotatable bonds is 6. The van der Waals surface area contributed by atoms with Crippen LogP contribution in [0.25, 0.3) is 0 Å². The lowest BCUT2D eigenvalue weighted by Gasteiger charge is -2.37. The Balaban J connectivity index is 1.62. The van der Waals surface area contributed by atoms with Gasteiger partial charge in [0.05, 0.1) is 10.9 Å². The predicted molar refractivity (Wildman–Crippen MR) is 128 cm³/mol. The molecule has 162 valence electrons. The molecule has 2 amide bonds. The van der Waals surface area contributed by atoms with E-state index in [0.717, 1.165) is 12.0 Å². The summed E-state index contributed by atoms with van der Waals surface area (Å²) in [7, 11) is 0. The van der Waals surface area contributed by atoms with E-state index in [1.807, 2.05) is 46.7 Å². The molecule has 0 saturated heterocycles. The minimum absolute atomic E-state index is 0.0256. The van der Waals surface area contributed by atoms with E-state index in [-0.39, 0.29) is 30.3 Å². The van der Waals surface area contributed by atoms with Crippen molar-refractivity contribution in [1.29, 1.82) is 0 Å². The van der Waals surface area contributed by atoms with E-state index in [4.69, 9.17) is 11.6 Å². The summed E-state index contributed by atoms with van der Waals surface area (Å²) in [6.07, 6.45) is 0.839. The topological polar surface area (TPSA) is 40.6 Å². The number of halogens is 1. The molecule has 0 aliphatic carbocycles. The third-order valence-corrected chi connectivity index (χ3v) is 7.51. The van der Waals surface area contributed by atoms with E-state index in [1.165, 1.54) is 21.8 Å². The van der Waals surface area contributed by atoms with Crippen molar-refractivity contribution in [1.82, 2.24) is 9.80 Å². The van der Waals surface area contributed by atoms with Gasteiger partial charge in [-0.3, -0.25) is 9.59 Å². The first-order chi connectivity index (χ1) is 14.9. The summed E-state index contributed by atoms with van der Waals surface area (Å²) in [4.78, 5) is 32.2. The number of amides is 2. The van der Waals surface area contributed by atoms with Gasteiger partial charge in [-0.1, -0.05) is 43.6 Å². The molecule has 4 nitrogen and oxygen atoms in total. The van der Waals surface area contributed by atoms with Crippen molar-refractivity contribution >= 4 is 46.1 Å². The summed E-state index contributed by atoms with van der Waals surface area (Å²) in [5.74, 6) is 0.171. The molecule has 0 spiro atoms. The van der Waals surface area contributed by atoms with Crippen LogP contribution >= 0.6 is 34.3 Å². The van der Waals surface area contributed by atoms with Crippen molar-refractivity contribution in [3.8, 4) is 0 Å². The predicted octanol–water partition coefficient (Wildman–Crippen LogP) is 5.74. The van der Waals surface area contributed by atoms with Crippen LogP contribution in [-0.4, -0.2) is 41.2 Å². The highest BCUT2D eigenvalue weighted by atomic mass is 35.5. The maximum absolute atomic E-state index is 13.6. The van der Waals surface area contributed by atoms with Crippen molar-refractivity contribution < 1.29 is 9.59 Å². The number of benzene rings is 1. The normalized spacial score (nSPS) is 15.7. The SMILES string of the molecule is CC(C)CN(CC(=O)N1CCc2sccc2C1c1ccc(Cl)cc1)C(=O)c1cccs1. The smallest absolute Gasteiger partial charge is 0.264 e. The number of nitrogens with zero attached hydrogens (tertiary/aromatic N) is 2. The second kappa shape index (κ2) is 9.55. The van der Waals surface area contributed by atoms with Crippen LogP contribution in [0.2, 0.25) is 5.02 Å². The minimum atomic E-state index is -0.155. The van der Waals surface area contributed by atoms with Crippen LogP contribution in [-0.2, 0) is 11.2 Å². The Morgan fingerprint density at radius 1 is 1.13 bits per heavy atom. The highest BCUT2D eigenvalue weighted by molar-refractivity contribution is 7.12. The van der Waals surface area contributed by atoms with E-state index in [2.05, 4.69) is 25.3 Å². The Bertz CT molecular complexity index is 1040. The molecule has 1 aromatic carbocycles. The number of thiophene rings is 2. The molecule has 31 heavy (non-hydrogen) atoms. The first-order valence-corrected chi connectivity index (χ1v) is 12.5. The first-order valence-electron chi connectivity index (χ1n) is 10.4. The zero-order valence-electron chi connectivity index (χ0n) is 17.6. The van der Waals surface area contributed by atoms with Crippen molar-refractivity contribution in [3.63, 3.8) is 0 Å². The van der Waals surface area contributed by atoms with Gasteiger partial charge in [-0.2, -0.15) is 0 Å². The molecule has 0 radical (unpaired) electrons. The minimum Gasteiger partial charge on any atom is -0.330 e. The third kappa shape index (κ3) is 4.86. The van der Waals surface area contributed by atoms with Gasteiger partial charge in [-0.25, -0.2) is 0 Å². The molecule has 4 rings (SSSR count). The van der Waals surface area contributed by atoms with Gasteiger partial charge in [0, 0.05) is 23.0 Å². The molecule has 1 atom stereocenters. The van der Waals surface area contributed by atoms with Gasteiger partial charge in [-0.15, -0.1) is 22.7 Å². The maximum Gasteiger partial charge on any atom is 0.264 e. The molecule has 0 bridgehead atoms. The number of hydrogen-bond acceptors (Lipinski definition) is 4. The molecular formula is C24H25ClN2O2S2. The molecule has 1 unspecified atom stereocenters. The molecule has 2 aromatic heterocycles. The number of carbonyl (C=O) groups excluding carboxylic acids is 2. The van der Waals surface area contributed by atoms with Crippen LogP contribution in [0.1, 0.15) is 45.6 Å². The standard InChI is InChI=1S/C24H25ClN2O2S2/c1-16(2)14-26(24(29)21-4-3-12-30-21)15-22(28)27-11-9-20-19(10-13-31-20)23(27)17-5-7-18(25)8-6-17/h3-8,10,12-13,16,23H,9,11,14-15H2,1-2H3. The third-order valence-electron chi connectivity index (χ3n) is 5.40.